The van der Waals surface area contributed by atoms with Gasteiger partial charge in [0.15, 0.2) is 0 Å². The fourth-order valence-electron chi connectivity index (χ4n) is 5.39. The molecule has 0 saturated heterocycles. The summed E-state index contributed by atoms with van der Waals surface area (Å²) in [4.78, 5) is 23.5. The number of fused-ring (bicyclic) bond motifs is 1. The van der Waals surface area contributed by atoms with Crippen molar-refractivity contribution in [2.24, 2.45) is 0 Å². The Morgan fingerprint density at radius 2 is 1.65 bits per heavy atom. The third-order valence-corrected chi connectivity index (χ3v) is 7.28. The monoisotopic (exact) mass is 458 g/mol. The van der Waals surface area contributed by atoms with E-state index in [-0.39, 0.29) is 5.56 Å². The van der Waals surface area contributed by atoms with Gasteiger partial charge >= 0.3 is 0 Å². The number of hydrogen-bond acceptors (Lipinski definition) is 5. The molecule has 0 radical (unpaired) electrons. The van der Waals surface area contributed by atoms with Gasteiger partial charge in [-0.15, -0.1) is 0 Å². The Kier molecular flexibility index (Phi) is 6.68. The van der Waals surface area contributed by atoms with Crippen LogP contribution in [0.1, 0.15) is 55.3 Å². The Bertz CT molecular complexity index is 1180. The molecule has 0 bridgehead atoms. The molecule has 0 atom stereocenters. The van der Waals surface area contributed by atoms with Crippen molar-refractivity contribution >= 4 is 11.6 Å². The molecule has 6 heteroatoms. The Labute approximate surface area is 201 Å². The van der Waals surface area contributed by atoms with E-state index in [4.69, 9.17) is 9.72 Å². The largest absolute Gasteiger partial charge is 0.495 e. The quantitative estimate of drug-likeness (QED) is 0.489. The van der Waals surface area contributed by atoms with Crippen LogP contribution in [0.25, 0.3) is 0 Å². The normalized spacial score (nSPS) is 17.3. The van der Waals surface area contributed by atoms with Gasteiger partial charge in [0.1, 0.15) is 5.75 Å². The van der Waals surface area contributed by atoms with Gasteiger partial charge in [-0.25, -0.2) is 4.98 Å². The first-order chi connectivity index (χ1) is 16.7. The van der Waals surface area contributed by atoms with Crippen molar-refractivity contribution in [2.45, 2.75) is 64.6 Å². The molecule has 0 unspecified atom stereocenters. The van der Waals surface area contributed by atoms with Crippen LogP contribution >= 0.6 is 0 Å². The molecule has 2 aromatic carbocycles. The molecular formula is C28H34N4O2. The van der Waals surface area contributed by atoms with Crippen LogP contribution in [0.5, 0.6) is 5.75 Å². The second-order valence-electron chi connectivity index (χ2n) is 9.49. The Morgan fingerprint density at radius 1 is 0.941 bits per heavy atom. The lowest BCUT2D eigenvalue weighted by Gasteiger charge is -2.42. The summed E-state index contributed by atoms with van der Waals surface area (Å²) in [6.07, 6.45) is 8.07. The fraction of sp³-hybridized carbons (Fsp3) is 0.429. The zero-order valence-corrected chi connectivity index (χ0v) is 20.2. The zero-order valence-electron chi connectivity index (χ0n) is 20.2. The van der Waals surface area contributed by atoms with Gasteiger partial charge in [0.2, 0.25) is 5.95 Å². The van der Waals surface area contributed by atoms with Crippen LogP contribution < -0.4 is 15.2 Å². The molecule has 1 aromatic heterocycles. The minimum Gasteiger partial charge on any atom is -0.495 e. The number of anilines is 2. The molecule has 0 spiro atoms. The maximum Gasteiger partial charge on any atom is 0.259 e. The van der Waals surface area contributed by atoms with Crippen LogP contribution in [0.15, 0.2) is 59.4 Å². The van der Waals surface area contributed by atoms with Gasteiger partial charge in [-0.3, -0.25) is 19.2 Å². The Hall–Kier alpha value is -3.12. The summed E-state index contributed by atoms with van der Waals surface area (Å²) >= 11 is 0. The van der Waals surface area contributed by atoms with Crippen molar-refractivity contribution in [1.82, 2.24) is 14.5 Å². The van der Waals surface area contributed by atoms with Gasteiger partial charge in [-0.1, -0.05) is 68.1 Å². The maximum absolute atomic E-state index is 13.9. The number of ether oxygens (including phenoxy) is 1. The molecule has 0 N–H and O–H groups in total. The summed E-state index contributed by atoms with van der Waals surface area (Å²) in [6, 6.07) is 18.7. The Balaban J connectivity index is 1.60. The van der Waals surface area contributed by atoms with Gasteiger partial charge in [-0.05, 0) is 37.5 Å². The zero-order chi connectivity index (χ0) is 23.5. The SMILES string of the molecule is COc1ccccc1N1CN(C2CCCCCC2)Cn2c1nc(C)c(Cc1ccccc1)c2=O. The van der Waals surface area contributed by atoms with Crippen molar-refractivity contribution in [3.05, 3.63) is 81.8 Å². The molecule has 2 aliphatic rings. The maximum atomic E-state index is 13.9. The van der Waals surface area contributed by atoms with Gasteiger partial charge < -0.3 is 4.74 Å². The second-order valence-corrected chi connectivity index (χ2v) is 9.49. The molecule has 34 heavy (non-hydrogen) atoms. The van der Waals surface area contributed by atoms with Crippen LogP contribution in [0.2, 0.25) is 0 Å². The summed E-state index contributed by atoms with van der Waals surface area (Å²) in [5.74, 6) is 1.49. The number of methoxy groups -OCH3 is 1. The highest BCUT2D eigenvalue weighted by molar-refractivity contribution is 5.66. The molecule has 178 valence electrons. The van der Waals surface area contributed by atoms with Crippen LogP contribution in [0, 0.1) is 6.92 Å². The van der Waals surface area contributed by atoms with Crippen LogP contribution in [0.4, 0.5) is 11.6 Å². The van der Waals surface area contributed by atoms with Crippen molar-refractivity contribution < 1.29 is 4.74 Å². The number of rotatable bonds is 5. The number of aryl methyl sites for hydroxylation is 1. The van der Waals surface area contributed by atoms with Crippen molar-refractivity contribution in [1.29, 1.82) is 0 Å². The van der Waals surface area contributed by atoms with Crippen LogP contribution in [-0.4, -0.2) is 34.3 Å². The second kappa shape index (κ2) is 10.0. The number of para-hydroxylation sites is 2. The predicted octanol–water partition coefficient (Wildman–Crippen LogP) is 5.24. The molecule has 1 aliphatic carbocycles. The van der Waals surface area contributed by atoms with Crippen molar-refractivity contribution in [3.8, 4) is 5.75 Å². The lowest BCUT2D eigenvalue weighted by molar-refractivity contribution is 0.123. The van der Waals surface area contributed by atoms with Gasteiger partial charge in [0, 0.05) is 18.0 Å². The summed E-state index contributed by atoms with van der Waals surface area (Å²) in [7, 11) is 1.70. The average molecular weight is 459 g/mol. The molecule has 5 rings (SSSR count). The van der Waals surface area contributed by atoms with Crippen LogP contribution in [0.3, 0.4) is 0 Å². The molecule has 6 nitrogen and oxygen atoms in total. The number of hydrogen-bond donors (Lipinski definition) is 0. The van der Waals surface area contributed by atoms with E-state index < -0.39 is 0 Å². The van der Waals surface area contributed by atoms with E-state index in [0.29, 0.717) is 31.7 Å². The third-order valence-electron chi connectivity index (χ3n) is 7.28. The highest BCUT2D eigenvalue weighted by Crippen LogP contribution is 2.36. The molecule has 0 amide bonds. The Morgan fingerprint density at radius 3 is 2.38 bits per heavy atom. The standard InChI is InChI=1S/C28H34N4O2/c1-21-24(18-22-12-6-5-7-13-22)27(33)32-20-30(23-14-8-3-4-9-15-23)19-31(28(32)29-21)25-16-10-11-17-26(25)34-2/h5-7,10-13,16-17,23H,3-4,8-9,14-15,18-20H2,1-2H3. The van der Waals surface area contributed by atoms with E-state index in [9.17, 15) is 4.79 Å². The van der Waals surface area contributed by atoms with E-state index in [1.807, 2.05) is 47.9 Å². The van der Waals surface area contributed by atoms with E-state index in [1.165, 1.54) is 38.5 Å². The smallest absolute Gasteiger partial charge is 0.259 e. The van der Waals surface area contributed by atoms with E-state index >= 15 is 0 Å². The first-order valence-electron chi connectivity index (χ1n) is 12.4. The summed E-state index contributed by atoms with van der Waals surface area (Å²) in [5, 5.41) is 0. The first-order valence-corrected chi connectivity index (χ1v) is 12.4. The predicted molar refractivity (Wildman–Crippen MR) is 136 cm³/mol. The average Bonchev–Trinajstić information content (AvgIpc) is 3.16. The van der Waals surface area contributed by atoms with Gasteiger partial charge in [0.25, 0.3) is 5.56 Å². The molecule has 1 aliphatic heterocycles. The van der Waals surface area contributed by atoms with E-state index in [0.717, 1.165) is 28.3 Å². The van der Waals surface area contributed by atoms with Crippen LogP contribution in [-0.2, 0) is 13.1 Å². The fourth-order valence-corrected chi connectivity index (χ4v) is 5.39. The molecule has 1 fully saturated rings. The summed E-state index contributed by atoms with van der Waals surface area (Å²) < 4.78 is 7.58. The van der Waals surface area contributed by atoms with Gasteiger partial charge in [-0.2, -0.15) is 0 Å². The minimum atomic E-state index is 0.0598. The lowest BCUT2D eigenvalue weighted by atomic mass is 10.0. The first kappa shape index (κ1) is 22.7. The molecule has 2 heterocycles. The molecular weight excluding hydrogens is 424 g/mol. The highest BCUT2D eigenvalue weighted by atomic mass is 16.5. The highest BCUT2D eigenvalue weighted by Gasteiger charge is 2.32. The summed E-state index contributed by atoms with van der Waals surface area (Å²) in [6.45, 7) is 3.24. The number of nitrogens with zero attached hydrogens (tertiary/aromatic N) is 4. The minimum absolute atomic E-state index is 0.0598. The lowest BCUT2D eigenvalue weighted by Crippen LogP contribution is -2.51. The number of benzene rings is 2. The third kappa shape index (κ3) is 4.47. The summed E-state index contributed by atoms with van der Waals surface area (Å²) in [5.41, 5.74) is 3.70. The molecule has 1 saturated carbocycles. The molecule has 3 aromatic rings. The van der Waals surface area contributed by atoms with E-state index in [1.54, 1.807) is 7.11 Å². The van der Waals surface area contributed by atoms with Gasteiger partial charge in [0.05, 0.1) is 31.8 Å². The van der Waals surface area contributed by atoms with Crippen molar-refractivity contribution in [2.75, 3.05) is 18.7 Å². The van der Waals surface area contributed by atoms with E-state index in [2.05, 4.69) is 28.0 Å². The van der Waals surface area contributed by atoms with Crippen molar-refractivity contribution in [3.63, 3.8) is 0 Å². The number of aromatic nitrogens is 2. The topological polar surface area (TPSA) is 50.6 Å².